The van der Waals surface area contributed by atoms with Crippen LogP contribution >= 0.6 is 0 Å². The van der Waals surface area contributed by atoms with Crippen LogP contribution in [0, 0.1) is 11.7 Å². The van der Waals surface area contributed by atoms with Gasteiger partial charge in [0.15, 0.2) is 0 Å². The second-order valence-electron chi connectivity index (χ2n) is 6.39. The minimum Gasteiger partial charge on any atom is -0.356 e. The number of rotatable bonds is 6. The number of hydrogen-bond acceptors (Lipinski definition) is 3. The van der Waals surface area contributed by atoms with Gasteiger partial charge in [-0.05, 0) is 49.1 Å². The lowest BCUT2D eigenvalue weighted by atomic mass is 10.00. The summed E-state index contributed by atoms with van der Waals surface area (Å²) in [6, 6.07) is 8.25. The van der Waals surface area contributed by atoms with Gasteiger partial charge >= 0.3 is 0 Å². The summed E-state index contributed by atoms with van der Waals surface area (Å²) < 4.78 is 14.6. The van der Waals surface area contributed by atoms with E-state index >= 15 is 0 Å². The molecule has 0 aliphatic heterocycles. The molecule has 24 heavy (non-hydrogen) atoms. The summed E-state index contributed by atoms with van der Waals surface area (Å²) in [5, 5.41) is 7.39. The van der Waals surface area contributed by atoms with Gasteiger partial charge in [0.2, 0.25) is 5.91 Å². The largest absolute Gasteiger partial charge is 0.356 e. The van der Waals surface area contributed by atoms with Crippen LogP contribution in [-0.2, 0) is 11.2 Å². The summed E-state index contributed by atoms with van der Waals surface area (Å²) in [4.78, 5) is 12.0. The van der Waals surface area contributed by atoms with E-state index in [9.17, 15) is 9.18 Å². The molecule has 1 aromatic carbocycles. The molecule has 6 heteroatoms. The molecule has 0 bridgehead atoms. The molecule has 1 saturated carbocycles. The molecule has 0 radical (unpaired) electrons. The number of carbonyl (C=O) groups excluding carboxylic acids is 1. The number of nitrogens with two attached hydrogens (primary N) is 1. The summed E-state index contributed by atoms with van der Waals surface area (Å²) >= 11 is 0. The van der Waals surface area contributed by atoms with Crippen LogP contribution in [0.25, 0.3) is 5.69 Å². The topological polar surface area (TPSA) is 72.9 Å². The molecule has 5 nitrogen and oxygen atoms in total. The van der Waals surface area contributed by atoms with Crippen molar-refractivity contribution >= 4 is 5.91 Å². The molecule has 1 aromatic heterocycles. The third-order valence-corrected chi connectivity index (χ3v) is 4.60. The van der Waals surface area contributed by atoms with E-state index in [2.05, 4.69) is 10.4 Å². The van der Waals surface area contributed by atoms with Gasteiger partial charge < -0.3 is 11.1 Å². The highest BCUT2D eigenvalue weighted by Gasteiger charge is 2.25. The Balaban J connectivity index is 1.45. The molecule has 1 fully saturated rings. The molecule has 1 heterocycles. The molecule has 1 aliphatic rings. The number of aromatic nitrogens is 2. The average molecular weight is 330 g/mol. The first kappa shape index (κ1) is 16.6. The maximum atomic E-state index is 12.9. The highest BCUT2D eigenvalue weighted by molar-refractivity contribution is 5.76. The Bertz CT molecular complexity index is 683. The van der Waals surface area contributed by atoms with Crippen LogP contribution in [0.3, 0.4) is 0 Å². The summed E-state index contributed by atoms with van der Waals surface area (Å²) in [5.41, 5.74) is 7.69. The molecular formula is C18H23FN4O. The van der Waals surface area contributed by atoms with Gasteiger partial charge in [-0.3, -0.25) is 4.79 Å². The molecule has 128 valence electrons. The Morgan fingerprint density at radius 1 is 1.29 bits per heavy atom. The van der Waals surface area contributed by atoms with Crippen molar-refractivity contribution in [2.75, 3.05) is 6.54 Å². The first-order valence-corrected chi connectivity index (χ1v) is 8.44. The number of nitrogens with zero attached hydrogens (tertiary/aromatic N) is 2. The van der Waals surface area contributed by atoms with Crippen LogP contribution in [0.4, 0.5) is 4.39 Å². The SMILES string of the molecule is N[C@@H]1CCC[C@H]1CC(=O)NCCc1ccn(-c2ccc(F)cc2)n1. The van der Waals surface area contributed by atoms with Crippen LogP contribution in [0.15, 0.2) is 36.5 Å². The van der Waals surface area contributed by atoms with E-state index < -0.39 is 0 Å². The van der Waals surface area contributed by atoms with Crippen molar-refractivity contribution in [3.63, 3.8) is 0 Å². The van der Waals surface area contributed by atoms with Crippen molar-refractivity contribution in [1.82, 2.24) is 15.1 Å². The lowest BCUT2D eigenvalue weighted by Gasteiger charge is -2.14. The highest BCUT2D eigenvalue weighted by atomic mass is 19.1. The molecule has 2 aromatic rings. The summed E-state index contributed by atoms with van der Waals surface area (Å²) in [5.74, 6) is 0.119. The van der Waals surface area contributed by atoms with Crippen LogP contribution in [0.1, 0.15) is 31.4 Å². The minimum absolute atomic E-state index is 0.0651. The number of nitrogens with one attached hydrogen (secondary N) is 1. The Morgan fingerprint density at radius 2 is 2.08 bits per heavy atom. The predicted octanol–water partition coefficient (Wildman–Crippen LogP) is 2.19. The van der Waals surface area contributed by atoms with Gasteiger partial charge in [-0.15, -0.1) is 0 Å². The van der Waals surface area contributed by atoms with E-state index in [0.29, 0.717) is 25.3 Å². The van der Waals surface area contributed by atoms with Gasteiger partial charge in [-0.1, -0.05) is 6.42 Å². The third-order valence-electron chi connectivity index (χ3n) is 4.60. The van der Waals surface area contributed by atoms with E-state index in [-0.39, 0.29) is 17.8 Å². The third kappa shape index (κ3) is 4.20. The number of hydrogen-bond donors (Lipinski definition) is 2. The Hall–Kier alpha value is -2.21. The first-order valence-electron chi connectivity index (χ1n) is 8.44. The average Bonchev–Trinajstić information content (AvgIpc) is 3.18. The highest BCUT2D eigenvalue weighted by Crippen LogP contribution is 2.26. The van der Waals surface area contributed by atoms with Crippen molar-refractivity contribution in [3.05, 3.63) is 48.0 Å². The maximum absolute atomic E-state index is 12.9. The molecule has 0 saturated heterocycles. The smallest absolute Gasteiger partial charge is 0.220 e. The fourth-order valence-corrected chi connectivity index (χ4v) is 3.19. The molecular weight excluding hydrogens is 307 g/mol. The Kier molecular flexibility index (Phi) is 5.25. The van der Waals surface area contributed by atoms with Crippen molar-refractivity contribution in [2.45, 2.75) is 38.1 Å². The number of amides is 1. The molecule has 3 N–H and O–H groups in total. The fourth-order valence-electron chi connectivity index (χ4n) is 3.19. The van der Waals surface area contributed by atoms with Crippen LogP contribution in [-0.4, -0.2) is 28.3 Å². The quantitative estimate of drug-likeness (QED) is 0.853. The van der Waals surface area contributed by atoms with Gasteiger partial charge in [0.25, 0.3) is 0 Å². The molecule has 2 atom stereocenters. The Labute approximate surface area is 141 Å². The predicted molar refractivity (Wildman–Crippen MR) is 90.2 cm³/mol. The fraction of sp³-hybridized carbons (Fsp3) is 0.444. The van der Waals surface area contributed by atoms with E-state index in [1.807, 2.05) is 12.3 Å². The van der Waals surface area contributed by atoms with Gasteiger partial charge in [0, 0.05) is 31.6 Å². The number of carbonyl (C=O) groups is 1. The zero-order chi connectivity index (χ0) is 16.9. The molecule has 0 spiro atoms. The normalized spacial score (nSPS) is 20.2. The van der Waals surface area contributed by atoms with Gasteiger partial charge in [-0.25, -0.2) is 9.07 Å². The van der Waals surface area contributed by atoms with Crippen molar-refractivity contribution in [1.29, 1.82) is 0 Å². The van der Waals surface area contributed by atoms with Crippen molar-refractivity contribution in [2.24, 2.45) is 11.7 Å². The number of halogens is 1. The zero-order valence-corrected chi connectivity index (χ0v) is 13.6. The van der Waals surface area contributed by atoms with Crippen LogP contribution in [0.5, 0.6) is 0 Å². The molecule has 3 rings (SSSR count). The summed E-state index contributed by atoms with van der Waals surface area (Å²) in [6.07, 6.45) is 6.22. The standard InChI is InChI=1S/C18H23FN4O/c19-14-4-6-16(7-5-14)23-11-9-15(22-23)8-10-21-18(24)12-13-2-1-3-17(13)20/h4-7,9,11,13,17H,1-3,8,10,12,20H2,(H,21,24)/t13-,17+/m0/s1. The monoisotopic (exact) mass is 330 g/mol. The molecule has 0 unspecified atom stereocenters. The minimum atomic E-state index is -0.268. The zero-order valence-electron chi connectivity index (χ0n) is 13.6. The van der Waals surface area contributed by atoms with E-state index in [4.69, 9.17) is 5.73 Å². The number of benzene rings is 1. The van der Waals surface area contributed by atoms with E-state index in [1.54, 1.807) is 16.8 Å². The van der Waals surface area contributed by atoms with Crippen molar-refractivity contribution < 1.29 is 9.18 Å². The van der Waals surface area contributed by atoms with Crippen molar-refractivity contribution in [3.8, 4) is 5.69 Å². The first-order chi connectivity index (χ1) is 11.6. The lowest BCUT2D eigenvalue weighted by molar-refractivity contribution is -0.122. The van der Waals surface area contributed by atoms with E-state index in [1.165, 1.54) is 12.1 Å². The maximum Gasteiger partial charge on any atom is 0.220 e. The summed E-state index contributed by atoms with van der Waals surface area (Å²) in [6.45, 7) is 0.557. The second kappa shape index (κ2) is 7.57. The van der Waals surface area contributed by atoms with Crippen LogP contribution < -0.4 is 11.1 Å². The van der Waals surface area contributed by atoms with Gasteiger partial charge in [-0.2, -0.15) is 5.10 Å². The van der Waals surface area contributed by atoms with E-state index in [0.717, 1.165) is 30.6 Å². The molecule has 1 aliphatic carbocycles. The van der Waals surface area contributed by atoms with Crippen LogP contribution in [0.2, 0.25) is 0 Å². The lowest BCUT2D eigenvalue weighted by Crippen LogP contribution is -2.32. The van der Waals surface area contributed by atoms with Gasteiger partial charge in [0.1, 0.15) is 5.82 Å². The molecule has 1 amide bonds. The van der Waals surface area contributed by atoms with Gasteiger partial charge in [0.05, 0.1) is 11.4 Å². The second-order valence-corrected chi connectivity index (χ2v) is 6.39. The summed E-state index contributed by atoms with van der Waals surface area (Å²) in [7, 11) is 0. The Morgan fingerprint density at radius 3 is 2.79 bits per heavy atom.